The Morgan fingerprint density at radius 1 is 1.53 bits per heavy atom. The first kappa shape index (κ1) is 14.8. The lowest BCUT2D eigenvalue weighted by atomic mass is 10.1. The van der Waals surface area contributed by atoms with Crippen molar-refractivity contribution >= 4 is 26.0 Å². The van der Waals surface area contributed by atoms with E-state index in [4.69, 9.17) is 10.5 Å². The number of nitrogens with two attached hydrogens (primary N) is 1. The van der Waals surface area contributed by atoms with Gasteiger partial charge >= 0.3 is 0 Å². The Hall–Kier alpha value is -0.630. The zero-order valence-corrected chi connectivity index (χ0v) is 13.1. The average Bonchev–Trinajstić information content (AvgIpc) is 2.87. The van der Waals surface area contributed by atoms with Gasteiger partial charge in [-0.1, -0.05) is 0 Å². The summed E-state index contributed by atoms with van der Waals surface area (Å²) in [5, 5.41) is 0. The molecular formula is C12H17BrN2O3S. The van der Waals surface area contributed by atoms with Crippen LogP contribution >= 0.6 is 15.9 Å². The molecule has 0 aromatic heterocycles. The van der Waals surface area contributed by atoms with E-state index < -0.39 is 10.0 Å². The standard InChI is InChI=1S/C12H17BrN2O3S/c1-18-10-2-3-12(11(13)6-10)19(16,17)15-5-4-9(7-14)8-15/h2-3,6,9H,4-5,7-8,14H2,1H3. The summed E-state index contributed by atoms with van der Waals surface area (Å²) in [6.07, 6.45) is 0.823. The minimum absolute atomic E-state index is 0.256. The van der Waals surface area contributed by atoms with Gasteiger partial charge in [-0.2, -0.15) is 4.31 Å². The second-order valence-electron chi connectivity index (χ2n) is 4.55. The Kier molecular flexibility index (Phi) is 4.50. The molecule has 1 aliphatic heterocycles. The van der Waals surface area contributed by atoms with Crippen LogP contribution in [0, 0.1) is 5.92 Å². The maximum absolute atomic E-state index is 12.5. The van der Waals surface area contributed by atoms with E-state index in [1.54, 1.807) is 25.3 Å². The highest BCUT2D eigenvalue weighted by Gasteiger charge is 2.33. The second-order valence-corrected chi connectivity index (χ2v) is 7.31. The molecule has 1 heterocycles. The van der Waals surface area contributed by atoms with Crippen LogP contribution in [0.1, 0.15) is 6.42 Å². The van der Waals surface area contributed by atoms with Gasteiger partial charge < -0.3 is 10.5 Å². The maximum Gasteiger partial charge on any atom is 0.244 e. The van der Waals surface area contributed by atoms with Gasteiger partial charge in [0.1, 0.15) is 5.75 Å². The first-order valence-electron chi connectivity index (χ1n) is 6.02. The van der Waals surface area contributed by atoms with E-state index in [-0.39, 0.29) is 10.8 Å². The molecule has 1 fully saturated rings. The molecule has 0 amide bonds. The lowest BCUT2D eigenvalue weighted by Gasteiger charge is -2.17. The highest BCUT2D eigenvalue weighted by atomic mass is 79.9. The van der Waals surface area contributed by atoms with Crippen LogP contribution in [0.5, 0.6) is 5.75 Å². The number of hydrogen-bond acceptors (Lipinski definition) is 4. The topological polar surface area (TPSA) is 72.6 Å². The Morgan fingerprint density at radius 2 is 2.26 bits per heavy atom. The van der Waals surface area contributed by atoms with Crippen LogP contribution in [0.4, 0.5) is 0 Å². The fourth-order valence-electron chi connectivity index (χ4n) is 2.16. The third-order valence-electron chi connectivity index (χ3n) is 3.34. The molecule has 1 aliphatic rings. The molecule has 0 bridgehead atoms. The molecule has 0 radical (unpaired) electrons. The number of hydrogen-bond donors (Lipinski definition) is 1. The summed E-state index contributed by atoms with van der Waals surface area (Å²) >= 11 is 3.29. The predicted octanol–water partition coefficient (Wildman–Crippen LogP) is 1.43. The molecule has 5 nitrogen and oxygen atoms in total. The fourth-order valence-corrected chi connectivity index (χ4v) is 4.71. The molecule has 1 aromatic rings. The summed E-state index contributed by atoms with van der Waals surface area (Å²) in [7, 11) is -1.92. The molecule has 2 N–H and O–H groups in total. The number of nitrogens with zero attached hydrogens (tertiary/aromatic N) is 1. The van der Waals surface area contributed by atoms with Crippen LogP contribution in [0.3, 0.4) is 0 Å². The smallest absolute Gasteiger partial charge is 0.244 e. The van der Waals surface area contributed by atoms with Crippen molar-refractivity contribution in [2.45, 2.75) is 11.3 Å². The van der Waals surface area contributed by atoms with Gasteiger partial charge in [-0.05, 0) is 53.0 Å². The van der Waals surface area contributed by atoms with Crippen molar-refractivity contribution in [1.82, 2.24) is 4.31 Å². The number of methoxy groups -OCH3 is 1. The molecular weight excluding hydrogens is 332 g/mol. The van der Waals surface area contributed by atoms with Gasteiger partial charge in [0.15, 0.2) is 0 Å². The van der Waals surface area contributed by atoms with Gasteiger partial charge in [-0.3, -0.25) is 0 Å². The van der Waals surface area contributed by atoms with Crippen molar-refractivity contribution in [3.63, 3.8) is 0 Å². The van der Waals surface area contributed by atoms with Crippen molar-refractivity contribution in [2.75, 3.05) is 26.7 Å². The van der Waals surface area contributed by atoms with E-state index in [2.05, 4.69) is 15.9 Å². The average molecular weight is 349 g/mol. The van der Waals surface area contributed by atoms with Crippen LogP contribution in [-0.2, 0) is 10.0 Å². The highest BCUT2D eigenvalue weighted by Crippen LogP contribution is 2.31. The number of sulfonamides is 1. The van der Waals surface area contributed by atoms with Crippen LogP contribution in [0.15, 0.2) is 27.6 Å². The number of rotatable bonds is 4. The van der Waals surface area contributed by atoms with E-state index in [9.17, 15) is 8.42 Å². The largest absolute Gasteiger partial charge is 0.497 e. The minimum Gasteiger partial charge on any atom is -0.497 e. The quantitative estimate of drug-likeness (QED) is 0.893. The zero-order chi connectivity index (χ0) is 14.0. The second kappa shape index (κ2) is 5.78. The summed E-state index contributed by atoms with van der Waals surface area (Å²) in [5.74, 6) is 0.874. The fraction of sp³-hybridized carbons (Fsp3) is 0.500. The first-order chi connectivity index (χ1) is 8.98. The Labute approximate surface area is 121 Å². The predicted molar refractivity (Wildman–Crippen MR) is 76.6 cm³/mol. The Balaban J connectivity index is 2.30. The van der Waals surface area contributed by atoms with E-state index >= 15 is 0 Å². The van der Waals surface area contributed by atoms with Crippen molar-refractivity contribution in [1.29, 1.82) is 0 Å². The molecule has 0 saturated carbocycles. The summed E-state index contributed by atoms with van der Waals surface area (Å²) in [5.41, 5.74) is 5.60. The maximum atomic E-state index is 12.5. The molecule has 1 saturated heterocycles. The molecule has 1 aromatic carbocycles. The minimum atomic E-state index is -3.46. The third kappa shape index (κ3) is 2.94. The van der Waals surface area contributed by atoms with Crippen LogP contribution in [0.2, 0.25) is 0 Å². The Morgan fingerprint density at radius 3 is 2.79 bits per heavy atom. The van der Waals surface area contributed by atoms with E-state index in [1.165, 1.54) is 4.31 Å². The van der Waals surface area contributed by atoms with Gasteiger partial charge in [-0.15, -0.1) is 0 Å². The van der Waals surface area contributed by atoms with Crippen molar-refractivity contribution in [3.05, 3.63) is 22.7 Å². The molecule has 106 valence electrons. The molecule has 1 atom stereocenters. The molecule has 1 unspecified atom stereocenters. The van der Waals surface area contributed by atoms with Gasteiger partial charge in [0, 0.05) is 17.6 Å². The molecule has 7 heteroatoms. The SMILES string of the molecule is COc1ccc(S(=O)(=O)N2CCC(CN)C2)c(Br)c1. The van der Waals surface area contributed by atoms with Gasteiger partial charge in [-0.25, -0.2) is 8.42 Å². The van der Waals surface area contributed by atoms with Gasteiger partial charge in [0.2, 0.25) is 10.0 Å². The summed E-state index contributed by atoms with van der Waals surface area (Å²) < 4.78 is 32.1. The summed E-state index contributed by atoms with van der Waals surface area (Å²) in [4.78, 5) is 0.269. The van der Waals surface area contributed by atoms with Crippen LogP contribution in [-0.4, -0.2) is 39.5 Å². The van der Waals surface area contributed by atoms with Crippen LogP contribution < -0.4 is 10.5 Å². The van der Waals surface area contributed by atoms with Crippen molar-refractivity contribution < 1.29 is 13.2 Å². The normalized spacial score (nSPS) is 20.7. The molecule has 0 aliphatic carbocycles. The van der Waals surface area contributed by atoms with Crippen LogP contribution in [0.25, 0.3) is 0 Å². The number of benzene rings is 1. The lowest BCUT2D eigenvalue weighted by molar-refractivity contribution is 0.414. The Bertz CT molecular complexity index is 562. The van der Waals surface area contributed by atoms with Gasteiger partial charge in [0.25, 0.3) is 0 Å². The van der Waals surface area contributed by atoms with Crippen molar-refractivity contribution in [2.24, 2.45) is 11.7 Å². The molecule has 0 spiro atoms. The van der Waals surface area contributed by atoms with Crippen molar-refractivity contribution in [3.8, 4) is 5.75 Å². The number of ether oxygens (including phenoxy) is 1. The summed E-state index contributed by atoms with van der Waals surface area (Å²) in [6, 6.07) is 4.87. The third-order valence-corrected chi connectivity index (χ3v) is 6.18. The first-order valence-corrected chi connectivity index (χ1v) is 8.26. The lowest BCUT2D eigenvalue weighted by Crippen LogP contribution is -2.30. The van der Waals surface area contributed by atoms with E-state index in [0.29, 0.717) is 29.9 Å². The number of halogens is 1. The summed E-state index contributed by atoms with van der Waals surface area (Å²) in [6.45, 7) is 1.55. The zero-order valence-electron chi connectivity index (χ0n) is 10.7. The monoisotopic (exact) mass is 348 g/mol. The highest BCUT2D eigenvalue weighted by molar-refractivity contribution is 9.10. The molecule has 2 rings (SSSR count). The van der Waals surface area contributed by atoms with Gasteiger partial charge in [0.05, 0.1) is 12.0 Å². The molecule has 19 heavy (non-hydrogen) atoms. The van der Waals surface area contributed by atoms with E-state index in [0.717, 1.165) is 6.42 Å². The van der Waals surface area contributed by atoms with E-state index in [1.807, 2.05) is 0 Å².